The van der Waals surface area contributed by atoms with Gasteiger partial charge in [-0.05, 0) is 6.07 Å². The Morgan fingerprint density at radius 3 is 2.76 bits per heavy atom. The van der Waals surface area contributed by atoms with Gasteiger partial charge in [0.15, 0.2) is 5.96 Å². The van der Waals surface area contributed by atoms with Crippen LogP contribution < -0.4 is 15.4 Å². The fourth-order valence-electron chi connectivity index (χ4n) is 4.23. The summed E-state index contributed by atoms with van der Waals surface area (Å²) in [5.41, 5.74) is 1.14. The van der Waals surface area contributed by atoms with Crippen molar-refractivity contribution in [3.8, 4) is 5.75 Å². The van der Waals surface area contributed by atoms with E-state index in [4.69, 9.17) is 4.74 Å². The molecule has 0 aliphatic carbocycles. The number of hydrogen-bond acceptors (Lipinski definition) is 5. The smallest absolute Gasteiger partial charge is 0.243 e. The molecular weight excluding hydrogens is 368 g/mol. The molecule has 3 fully saturated rings. The lowest BCUT2D eigenvalue weighted by Gasteiger charge is -2.47. The highest BCUT2D eigenvalue weighted by atomic mass is 16.5. The van der Waals surface area contributed by atoms with Gasteiger partial charge in [-0.25, -0.2) is 4.99 Å². The molecule has 29 heavy (non-hydrogen) atoms. The van der Waals surface area contributed by atoms with E-state index in [0.29, 0.717) is 18.6 Å². The second-order valence-corrected chi connectivity index (χ2v) is 8.20. The quantitative estimate of drug-likeness (QED) is 0.541. The van der Waals surface area contributed by atoms with Crippen molar-refractivity contribution in [3.63, 3.8) is 0 Å². The molecule has 4 aliphatic rings. The Kier molecular flexibility index (Phi) is 6.20. The minimum Gasteiger partial charge on any atom is -0.493 e. The summed E-state index contributed by atoms with van der Waals surface area (Å²) in [5.74, 6) is 1.60. The second-order valence-electron chi connectivity index (χ2n) is 8.20. The molecule has 1 aromatic carbocycles. The summed E-state index contributed by atoms with van der Waals surface area (Å²) >= 11 is 0. The lowest BCUT2D eigenvalue weighted by Crippen LogP contribution is -2.64. The van der Waals surface area contributed by atoms with Gasteiger partial charge >= 0.3 is 0 Å². The molecule has 0 radical (unpaired) electrons. The van der Waals surface area contributed by atoms with E-state index in [0.717, 1.165) is 43.9 Å². The molecule has 8 nitrogen and oxygen atoms in total. The molecule has 0 spiro atoms. The van der Waals surface area contributed by atoms with Crippen LogP contribution in [-0.2, 0) is 4.79 Å². The van der Waals surface area contributed by atoms with Crippen LogP contribution in [0.25, 0.3) is 0 Å². The topological polar surface area (TPSA) is 72.4 Å². The van der Waals surface area contributed by atoms with Crippen molar-refractivity contribution < 1.29 is 9.53 Å². The number of nitrogens with zero attached hydrogens (tertiary/aromatic N) is 4. The number of para-hydroxylation sites is 1. The summed E-state index contributed by atoms with van der Waals surface area (Å²) in [7, 11) is 3.52. The third kappa shape index (κ3) is 4.82. The molecule has 8 heteroatoms. The third-order valence-corrected chi connectivity index (χ3v) is 6.04. The van der Waals surface area contributed by atoms with Crippen molar-refractivity contribution >= 4 is 11.9 Å². The Morgan fingerprint density at radius 1 is 1.24 bits per heavy atom. The van der Waals surface area contributed by atoms with Crippen LogP contribution in [0.2, 0.25) is 0 Å². The summed E-state index contributed by atoms with van der Waals surface area (Å²) in [6.45, 7) is 7.34. The number of piperazine rings is 3. The Labute approximate surface area is 172 Å². The summed E-state index contributed by atoms with van der Waals surface area (Å²) in [6.07, 6.45) is 0.864. The fraction of sp³-hybridized carbons (Fsp3) is 0.619. The third-order valence-electron chi connectivity index (χ3n) is 6.04. The zero-order valence-electron chi connectivity index (χ0n) is 17.4. The zero-order valence-corrected chi connectivity index (χ0v) is 17.4. The maximum atomic E-state index is 12.1. The number of ether oxygens (including phenoxy) is 1. The molecule has 2 N–H and O–H groups in total. The maximum absolute atomic E-state index is 12.1. The first-order valence-electron chi connectivity index (χ1n) is 10.5. The summed E-state index contributed by atoms with van der Waals surface area (Å²) in [5, 5.41) is 7.05. The van der Waals surface area contributed by atoms with Crippen molar-refractivity contribution in [2.75, 3.05) is 66.5 Å². The molecule has 5 rings (SSSR count). The standard InChI is InChI=1S/C21H32N6O2/c1-25(2)20(28)14-23-21(22-13-16-15-26-8-10-27(16)11-9-26)24-18-7-12-29-19-6-4-3-5-17(18)19/h3-6,16,18H,7-15H2,1-2H3,(H2,22,23,24). The Bertz CT molecular complexity index is 744. The van der Waals surface area contributed by atoms with Gasteiger partial charge in [-0.2, -0.15) is 0 Å². The van der Waals surface area contributed by atoms with Crippen molar-refractivity contribution in [2.45, 2.75) is 18.5 Å². The lowest BCUT2D eigenvalue weighted by atomic mass is 10.0. The predicted octanol–water partition coefficient (Wildman–Crippen LogP) is 0.133. The average molecular weight is 401 g/mol. The van der Waals surface area contributed by atoms with Crippen LogP contribution in [0.4, 0.5) is 0 Å². The molecule has 0 aromatic heterocycles. The summed E-state index contributed by atoms with van der Waals surface area (Å²) < 4.78 is 5.78. The van der Waals surface area contributed by atoms with E-state index < -0.39 is 0 Å². The SMILES string of the molecule is CN(C)C(=O)CN=C(NCC1CN2CCN1CC2)NC1CCOc2ccccc21. The number of fused-ring (bicyclic) bond motifs is 4. The van der Waals surface area contributed by atoms with Gasteiger partial charge in [0.2, 0.25) is 5.91 Å². The van der Waals surface area contributed by atoms with Crippen LogP contribution >= 0.6 is 0 Å². The van der Waals surface area contributed by atoms with Crippen LogP contribution in [0.15, 0.2) is 29.3 Å². The molecule has 1 aromatic rings. The van der Waals surface area contributed by atoms with Gasteiger partial charge in [-0.1, -0.05) is 18.2 Å². The minimum atomic E-state index is -0.00920. The maximum Gasteiger partial charge on any atom is 0.243 e. The normalized spacial score (nSPS) is 28.3. The molecule has 4 aliphatic heterocycles. The number of aliphatic imine (C=N–C) groups is 1. The van der Waals surface area contributed by atoms with Crippen LogP contribution in [0, 0.1) is 0 Å². The Hall–Kier alpha value is -2.32. The van der Waals surface area contributed by atoms with Gasteiger partial charge < -0.3 is 20.3 Å². The minimum absolute atomic E-state index is 0.00920. The monoisotopic (exact) mass is 400 g/mol. The number of guanidine groups is 1. The highest BCUT2D eigenvalue weighted by Crippen LogP contribution is 2.31. The number of likely N-dealkylation sites (N-methyl/N-ethyl adjacent to an activating group) is 1. The lowest BCUT2D eigenvalue weighted by molar-refractivity contribution is -0.127. The van der Waals surface area contributed by atoms with E-state index >= 15 is 0 Å². The van der Waals surface area contributed by atoms with E-state index in [-0.39, 0.29) is 18.5 Å². The number of nitrogens with one attached hydrogen (secondary N) is 2. The number of amides is 1. The number of rotatable bonds is 5. The van der Waals surface area contributed by atoms with Crippen LogP contribution in [0.3, 0.4) is 0 Å². The van der Waals surface area contributed by atoms with Crippen molar-refractivity contribution in [1.82, 2.24) is 25.3 Å². The first kappa shape index (κ1) is 20.0. The van der Waals surface area contributed by atoms with Crippen LogP contribution in [0.5, 0.6) is 5.75 Å². The molecule has 3 saturated heterocycles. The van der Waals surface area contributed by atoms with Crippen molar-refractivity contribution in [2.24, 2.45) is 4.99 Å². The highest BCUT2D eigenvalue weighted by molar-refractivity contribution is 5.85. The van der Waals surface area contributed by atoms with Gasteiger partial charge in [-0.15, -0.1) is 0 Å². The zero-order chi connectivity index (χ0) is 20.2. The van der Waals surface area contributed by atoms with E-state index in [2.05, 4.69) is 31.5 Å². The molecular formula is C21H32N6O2. The number of carbonyl (C=O) groups excluding carboxylic acids is 1. The summed E-state index contributed by atoms with van der Waals surface area (Å²) in [4.78, 5) is 23.3. The van der Waals surface area contributed by atoms with E-state index in [9.17, 15) is 4.79 Å². The van der Waals surface area contributed by atoms with Crippen LogP contribution in [-0.4, -0.2) is 99.1 Å². The number of hydrogen-bond donors (Lipinski definition) is 2. The van der Waals surface area contributed by atoms with E-state index in [1.807, 2.05) is 18.2 Å². The number of carbonyl (C=O) groups is 1. The van der Waals surface area contributed by atoms with E-state index in [1.165, 1.54) is 13.1 Å². The van der Waals surface area contributed by atoms with Gasteiger partial charge in [0.1, 0.15) is 12.3 Å². The Morgan fingerprint density at radius 2 is 2.03 bits per heavy atom. The molecule has 158 valence electrons. The average Bonchev–Trinajstić information content (AvgIpc) is 2.76. The fourth-order valence-corrected chi connectivity index (χ4v) is 4.23. The molecule has 0 saturated carbocycles. The van der Waals surface area contributed by atoms with Crippen LogP contribution in [0.1, 0.15) is 18.0 Å². The molecule has 2 atom stereocenters. The number of benzene rings is 1. The Balaban J connectivity index is 1.44. The highest BCUT2D eigenvalue weighted by Gasteiger charge is 2.32. The molecule has 2 unspecified atom stereocenters. The predicted molar refractivity (Wildman–Crippen MR) is 113 cm³/mol. The van der Waals surface area contributed by atoms with Gasteiger partial charge in [0, 0.05) is 71.4 Å². The van der Waals surface area contributed by atoms with Gasteiger partial charge in [0.05, 0.1) is 12.6 Å². The van der Waals surface area contributed by atoms with Gasteiger partial charge in [-0.3, -0.25) is 14.6 Å². The van der Waals surface area contributed by atoms with Crippen molar-refractivity contribution in [3.05, 3.63) is 29.8 Å². The van der Waals surface area contributed by atoms with E-state index in [1.54, 1.807) is 19.0 Å². The van der Waals surface area contributed by atoms with Gasteiger partial charge in [0.25, 0.3) is 0 Å². The summed E-state index contributed by atoms with van der Waals surface area (Å²) in [6, 6.07) is 8.72. The molecule has 1 amide bonds. The second kappa shape index (κ2) is 9.00. The van der Waals surface area contributed by atoms with Crippen molar-refractivity contribution in [1.29, 1.82) is 0 Å². The largest absolute Gasteiger partial charge is 0.493 e. The molecule has 4 heterocycles. The molecule has 2 bridgehead atoms. The first-order chi connectivity index (χ1) is 14.1. The first-order valence-corrected chi connectivity index (χ1v) is 10.5.